The molecule has 242 valence electrons. The van der Waals surface area contributed by atoms with Gasteiger partial charge in [0.05, 0.1) is 11.1 Å². The minimum Gasteiger partial charge on any atom is -0.465 e. The third-order valence-electron chi connectivity index (χ3n) is 10.2. The van der Waals surface area contributed by atoms with Gasteiger partial charge in [0.1, 0.15) is 5.69 Å². The Labute approximate surface area is 269 Å². The molecule has 10 heteroatoms. The molecule has 0 unspecified atom stereocenters. The maximum absolute atomic E-state index is 13.1. The van der Waals surface area contributed by atoms with Gasteiger partial charge in [0, 0.05) is 41.8 Å². The number of hydrogen-bond donors (Lipinski definition) is 5. The van der Waals surface area contributed by atoms with Crippen molar-refractivity contribution in [2.24, 2.45) is 11.3 Å². The second-order valence-electron chi connectivity index (χ2n) is 13.9. The summed E-state index contributed by atoms with van der Waals surface area (Å²) in [5, 5.41) is 37.5. The van der Waals surface area contributed by atoms with E-state index in [9.17, 15) is 24.6 Å². The average molecular weight is 626 g/mol. The normalized spacial score (nSPS) is 26.3. The second-order valence-corrected chi connectivity index (χ2v) is 13.9. The Morgan fingerprint density at radius 3 is 2.17 bits per heavy atom. The lowest BCUT2D eigenvalue weighted by Crippen LogP contribution is -2.61. The quantitative estimate of drug-likeness (QED) is 0.185. The van der Waals surface area contributed by atoms with E-state index in [1.807, 2.05) is 60.7 Å². The largest absolute Gasteiger partial charge is 0.465 e. The van der Waals surface area contributed by atoms with E-state index in [0.717, 1.165) is 67.2 Å². The summed E-state index contributed by atoms with van der Waals surface area (Å²) in [6.07, 6.45) is 6.28. The number of aliphatic hydroxyl groups is 1. The number of hydrogen-bond acceptors (Lipinski definition) is 6. The first kappa shape index (κ1) is 31.7. The minimum absolute atomic E-state index is 0.103. The zero-order valence-electron chi connectivity index (χ0n) is 26.5. The predicted molar refractivity (Wildman–Crippen MR) is 175 cm³/mol. The highest BCUT2D eigenvalue weighted by molar-refractivity contribution is 5.91. The fourth-order valence-electron chi connectivity index (χ4n) is 7.47. The van der Waals surface area contributed by atoms with Crippen molar-refractivity contribution in [3.05, 3.63) is 66.2 Å². The van der Waals surface area contributed by atoms with E-state index in [4.69, 9.17) is 0 Å². The van der Waals surface area contributed by atoms with Gasteiger partial charge >= 0.3 is 6.09 Å². The highest BCUT2D eigenvalue weighted by Gasteiger charge is 2.53. The van der Waals surface area contributed by atoms with E-state index in [1.54, 1.807) is 6.92 Å². The molecule has 1 heterocycles. The first-order valence-corrected chi connectivity index (χ1v) is 16.4. The van der Waals surface area contributed by atoms with E-state index in [0.29, 0.717) is 17.9 Å². The van der Waals surface area contributed by atoms with E-state index >= 15 is 0 Å². The van der Waals surface area contributed by atoms with Gasteiger partial charge in [-0.25, -0.2) is 4.79 Å². The SMILES string of the molecule is CCC1(C(=O)NC2CCC(CC(=O)Nc3cc(-c4ccccc4)c(-c4ccc(C5(NC(=O)O)CC(C)(O)C5)cc4)nn3)CC2)CC1. The van der Waals surface area contributed by atoms with Crippen LogP contribution >= 0.6 is 0 Å². The van der Waals surface area contributed by atoms with Crippen LogP contribution in [0.3, 0.4) is 0 Å². The van der Waals surface area contributed by atoms with Crippen molar-refractivity contribution in [2.45, 2.75) is 95.2 Å². The van der Waals surface area contributed by atoms with Crippen LogP contribution in [0.4, 0.5) is 10.6 Å². The van der Waals surface area contributed by atoms with Gasteiger partial charge in [0.15, 0.2) is 5.82 Å². The Kier molecular flexibility index (Phi) is 8.58. The molecule has 3 saturated carbocycles. The fourth-order valence-corrected chi connectivity index (χ4v) is 7.47. The monoisotopic (exact) mass is 625 g/mol. The van der Waals surface area contributed by atoms with E-state index in [-0.39, 0.29) is 42.0 Å². The van der Waals surface area contributed by atoms with E-state index in [1.165, 1.54) is 0 Å². The summed E-state index contributed by atoms with van der Waals surface area (Å²) in [7, 11) is 0. The van der Waals surface area contributed by atoms with E-state index < -0.39 is 17.2 Å². The smallest absolute Gasteiger partial charge is 0.405 e. The lowest BCUT2D eigenvalue weighted by molar-refractivity contribution is -0.127. The second kappa shape index (κ2) is 12.5. The molecule has 5 N–H and O–H groups in total. The van der Waals surface area contributed by atoms with Crippen LogP contribution in [0.1, 0.15) is 83.6 Å². The number of anilines is 1. The molecule has 2 aromatic carbocycles. The highest BCUT2D eigenvalue weighted by Crippen LogP contribution is 2.49. The van der Waals surface area contributed by atoms with Crippen LogP contribution in [0.15, 0.2) is 60.7 Å². The van der Waals surface area contributed by atoms with Crippen molar-refractivity contribution < 1.29 is 24.6 Å². The van der Waals surface area contributed by atoms with Crippen LogP contribution in [-0.4, -0.2) is 50.0 Å². The molecule has 0 bridgehead atoms. The van der Waals surface area contributed by atoms with Gasteiger partial charge < -0.3 is 26.2 Å². The van der Waals surface area contributed by atoms with Crippen molar-refractivity contribution in [1.29, 1.82) is 0 Å². The predicted octanol–water partition coefficient (Wildman–Crippen LogP) is 6.01. The molecule has 6 rings (SSSR count). The van der Waals surface area contributed by atoms with Gasteiger partial charge in [-0.3, -0.25) is 9.59 Å². The van der Waals surface area contributed by atoms with Gasteiger partial charge in [-0.2, -0.15) is 0 Å². The number of carbonyl (C=O) groups is 3. The van der Waals surface area contributed by atoms with Crippen LogP contribution in [-0.2, 0) is 15.1 Å². The molecule has 3 amide bonds. The number of amides is 3. The first-order chi connectivity index (χ1) is 22.0. The van der Waals surface area contributed by atoms with Gasteiger partial charge in [-0.1, -0.05) is 61.5 Å². The Balaban J connectivity index is 1.13. The number of aromatic nitrogens is 2. The van der Waals surface area contributed by atoms with Crippen molar-refractivity contribution >= 4 is 23.7 Å². The summed E-state index contributed by atoms with van der Waals surface area (Å²) in [6, 6.07) is 19.3. The maximum Gasteiger partial charge on any atom is 0.405 e. The van der Waals surface area contributed by atoms with Crippen LogP contribution < -0.4 is 16.0 Å². The molecule has 3 aromatic rings. The first-order valence-electron chi connectivity index (χ1n) is 16.4. The Bertz CT molecular complexity index is 1590. The van der Waals surface area contributed by atoms with Crippen molar-refractivity contribution in [3.8, 4) is 22.4 Å². The molecule has 0 aliphatic heterocycles. The van der Waals surface area contributed by atoms with Crippen LogP contribution in [0.2, 0.25) is 0 Å². The minimum atomic E-state index is -1.13. The molecule has 1 aromatic heterocycles. The van der Waals surface area contributed by atoms with Crippen molar-refractivity contribution in [2.75, 3.05) is 5.32 Å². The molecule has 3 fully saturated rings. The zero-order chi connectivity index (χ0) is 32.5. The number of nitrogens with zero attached hydrogens (tertiary/aromatic N) is 2. The number of carboxylic acid groups (broad SMARTS) is 1. The molecule has 3 aliphatic rings. The van der Waals surface area contributed by atoms with Crippen LogP contribution in [0.25, 0.3) is 22.4 Å². The lowest BCUT2D eigenvalue weighted by atomic mass is 9.62. The summed E-state index contributed by atoms with van der Waals surface area (Å²) >= 11 is 0. The lowest BCUT2D eigenvalue weighted by Gasteiger charge is -2.51. The molecule has 10 nitrogen and oxygen atoms in total. The fraction of sp³-hybridized carbons (Fsp3) is 0.472. The molecule has 0 spiro atoms. The third kappa shape index (κ3) is 6.77. The number of benzene rings is 2. The molecular formula is C36H43N5O5. The number of rotatable bonds is 10. The van der Waals surface area contributed by atoms with E-state index in [2.05, 4.69) is 33.1 Å². The summed E-state index contributed by atoms with van der Waals surface area (Å²) in [4.78, 5) is 37.3. The van der Waals surface area contributed by atoms with Crippen LogP contribution in [0.5, 0.6) is 0 Å². The van der Waals surface area contributed by atoms with Gasteiger partial charge in [-0.05, 0) is 75.0 Å². The van der Waals surface area contributed by atoms with Crippen molar-refractivity contribution in [1.82, 2.24) is 20.8 Å². The Hall–Kier alpha value is -4.31. The summed E-state index contributed by atoms with van der Waals surface area (Å²) in [5.74, 6) is 0.733. The Morgan fingerprint density at radius 1 is 0.913 bits per heavy atom. The van der Waals surface area contributed by atoms with Crippen molar-refractivity contribution in [3.63, 3.8) is 0 Å². The molecule has 0 saturated heterocycles. The highest BCUT2D eigenvalue weighted by atomic mass is 16.4. The summed E-state index contributed by atoms with van der Waals surface area (Å²) < 4.78 is 0. The number of nitrogens with one attached hydrogen (secondary N) is 3. The standard InChI is InChI=1S/C36H43N5O5/c1-3-35(17-18-35)32(43)37-27-15-9-23(10-16-27)19-30(42)38-29-20-28(24-7-5-4-6-8-24)31(41-40-29)25-11-13-26(14-12-25)36(39-33(44)45)21-34(2,46)22-36/h4-8,11-14,20,23,27,39,46H,3,9-10,15-19,21-22H2,1-2H3,(H,37,43)(H,44,45)(H,38,40,42). The molecule has 0 radical (unpaired) electrons. The summed E-state index contributed by atoms with van der Waals surface area (Å²) in [6.45, 7) is 3.79. The zero-order valence-corrected chi connectivity index (χ0v) is 26.5. The molecular weight excluding hydrogens is 582 g/mol. The topological polar surface area (TPSA) is 154 Å². The van der Waals surface area contributed by atoms with Gasteiger partial charge in [-0.15, -0.1) is 10.2 Å². The summed E-state index contributed by atoms with van der Waals surface area (Å²) in [5.41, 5.74) is 2.01. The average Bonchev–Trinajstić information content (AvgIpc) is 3.83. The van der Waals surface area contributed by atoms with Gasteiger partial charge in [0.25, 0.3) is 0 Å². The van der Waals surface area contributed by atoms with Gasteiger partial charge in [0.2, 0.25) is 11.8 Å². The van der Waals surface area contributed by atoms with Crippen LogP contribution in [0, 0.1) is 11.3 Å². The number of carbonyl (C=O) groups excluding carboxylic acids is 2. The third-order valence-corrected chi connectivity index (χ3v) is 10.2. The molecule has 0 atom stereocenters. The molecule has 46 heavy (non-hydrogen) atoms. The molecule has 3 aliphatic carbocycles. The maximum atomic E-state index is 13.1. The Morgan fingerprint density at radius 2 is 1.59 bits per heavy atom.